The molecule has 0 saturated heterocycles. The van der Waals surface area contributed by atoms with E-state index in [1.54, 1.807) is 6.21 Å². The minimum Gasteiger partial charge on any atom is -0.454 e. The molecule has 0 atom stereocenters. The molecule has 0 fully saturated rings. The Balaban J connectivity index is 1.43. The molecule has 1 aliphatic heterocycles. The fourth-order valence-corrected chi connectivity index (χ4v) is 2.72. The second kappa shape index (κ2) is 6.08. The smallest absolute Gasteiger partial charge is 0.244 e. The van der Waals surface area contributed by atoms with Crippen LogP contribution in [0.4, 0.5) is 0 Å². The Kier molecular flexibility index (Phi) is 3.63. The molecule has 0 aliphatic carbocycles. The van der Waals surface area contributed by atoms with Gasteiger partial charge in [-0.2, -0.15) is 5.10 Å². The Morgan fingerprint density at radius 2 is 2.12 bits per heavy atom. The van der Waals surface area contributed by atoms with Crippen LogP contribution in [0.25, 0.3) is 10.9 Å². The van der Waals surface area contributed by atoms with E-state index in [1.165, 1.54) is 0 Å². The van der Waals surface area contributed by atoms with Gasteiger partial charge in [-0.3, -0.25) is 4.79 Å². The van der Waals surface area contributed by atoms with Gasteiger partial charge >= 0.3 is 0 Å². The minimum atomic E-state index is -0.180. The summed E-state index contributed by atoms with van der Waals surface area (Å²) in [5.74, 6) is 1.15. The lowest BCUT2D eigenvalue weighted by molar-refractivity contribution is -0.120. The molecule has 6 heteroatoms. The summed E-state index contributed by atoms with van der Waals surface area (Å²) in [6, 6.07) is 13.4. The Morgan fingerprint density at radius 3 is 3.08 bits per heavy atom. The van der Waals surface area contributed by atoms with Crippen molar-refractivity contribution in [3.63, 3.8) is 0 Å². The molecule has 0 bridgehead atoms. The number of ether oxygens (including phenoxy) is 2. The summed E-state index contributed by atoms with van der Waals surface area (Å²) in [6.07, 6.45) is 3.66. The highest BCUT2D eigenvalue weighted by Gasteiger charge is 2.16. The Bertz CT molecular complexity index is 930. The topological polar surface area (TPSA) is 75.7 Å². The number of hydrogen-bond acceptors (Lipinski definition) is 4. The van der Waals surface area contributed by atoms with Gasteiger partial charge < -0.3 is 14.5 Å². The van der Waals surface area contributed by atoms with Crippen LogP contribution in [0.15, 0.2) is 53.8 Å². The van der Waals surface area contributed by atoms with Crippen molar-refractivity contribution in [2.24, 2.45) is 5.10 Å². The molecule has 2 heterocycles. The number of hydrazone groups is 1. The lowest BCUT2D eigenvalue weighted by Gasteiger charge is -2.01. The maximum Gasteiger partial charge on any atom is 0.244 e. The molecule has 2 aromatic carbocycles. The fraction of sp³-hybridized carbons (Fsp3) is 0.111. The first-order chi connectivity index (χ1) is 11.8. The van der Waals surface area contributed by atoms with Crippen molar-refractivity contribution in [1.29, 1.82) is 0 Å². The number of benzene rings is 2. The zero-order chi connectivity index (χ0) is 16.4. The summed E-state index contributed by atoms with van der Waals surface area (Å²) < 4.78 is 10.7. The number of carbonyl (C=O) groups excluding carboxylic acids is 1. The van der Waals surface area contributed by atoms with Crippen LogP contribution in [0.3, 0.4) is 0 Å². The van der Waals surface area contributed by atoms with Crippen LogP contribution in [-0.2, 0) is 11.2 Å². The molecule has 3 aromatic rings. The Morgan fingerprint density at radius 1 is 1.21 bits per heavy atom. The molecule has 2 N–H and O–H groups in total. The molecule has 24 heavy (non-hydrogen) atoms. The average Bonchev–Trinajstić information content (AvgIpc) is 3.23. The van der Waals surface area contributed by atoms with E-state index in [0.717, 1.165) is 22.0 Å². The first kappa shape index (κ1) is 14.3. The van der Waals surface area contributed by atoms with Crippen molar-refractivity contribution < 1.29 is 14.3 Å². The zero-order valence-electron chi connectivity index (χ0n) is 12.8. The third-order valence-corrected chi connectivity index (χ3v) is 3.85. The molecule has 6 nitrogen and oxygen atoms in total. The number of para-hydroxylation sites is 2. The number of aromatic amines is 1. The van der Waals surface area contributed by atoms with Crippen LogP contribution in [-0.4, -0.2) is 23.9 Å². The van der Waals surface area contributed by atoms with Crippen molar-refractivity contribution >= 4 is 23.0 Å². The fourth-order valence-electron chi connectivity index (χ4n) is 2.72. The standard InChI is InChI=1S/C18H15N3O3/c22-17(8-13-9-19-15-6-2-1-5-14(13)15)21-20-10-12-4-3-7-16-18(12)24-11-23-16/h1-7,9-10,19H,8,11H2,(H,21,22). The third-order valence-electron chi connectivity index (χ3n) is 3.85. The lowest BCUT2D eigenvalue weighted by atomic mass is 10.1. The van der Waals surface area contributed by atoms with Crippen LogP contribution >= 0.6 is 0 Å². The molecule has 0 radical (unpaired) electrons. The number of nitrogens with zero attached hydrogens (tertiary/aromatic N) is 1. The highest BCUT2D eigenvalue weighted by molar-refractivity contribution is 5.90. The van der Waals surface area contributed by atoms with Crippen LogP contribution in [0.2, 0.25) is 0 Å². The van der Waals surface area contributed by atoms with E-state index in [-0.39, 0.29) is 19.1 Å². The molecule has 1 amide bonds. The van der Waals surface area contributed by atoms with Crippen molar-refractivity contribution in [1.82, 2.24) is 10.4 Å². The number of hydrogen-bond donors (Lipinski definition) is 2. The van der Waals surface area contributed by atoms with Gasteiger partial charge in [0.2, 0.25) is 12.7 Å². The molecule has 0 spiro atoms. The number of carbonyl (C=O) groups is 1. The van der Waals surface area contributed by atoms with Crippen molar-refractivity contribution in [2.45, 2.75) is 6.42 Å². The molecule has 4 rings (SSSR count). The number of H-pyrrole nitrogens is 1. The van der Waals surface area contributed by atoms with E-state index < -0.39 is 0 Å². The quantitative estimate of drug-likeness (QED) is 0.573. The number of amides is 1. The Labute approximate surface area is 138 Å². The zero-order valence-corrected chi connectivity index (χ0v) is 12.8. The average molecular weight is 321 g/mol. The van der Waals surface area contributed by atoms with E-state index in [2.05, 4.69) is 15.5 Å². The first-order valence-corrected chi connectivity index (χ1v) is 7.57. The molecule has 1 aliphatic rings. The number of nitrogens with one attached hydrogen (secondary N) is 2. The van der Waals surface area contributed by atoms with Crippen LogP contribution < -0.4 is 14.9 Å². The predicted octanol–water partition coefficient (Wildman–Crippen LogP) is 2.59. The van der Waals surface area contributed by atoms with Crippen molar-refractivity contribution in [2.75, 3.05) is 6.79 Å². The van der Waals surface area contributed by atoms with E-state index in [9.17, 15) is 4.79 Å². The van der Waals surface area contributed by atoms with Crippen LogP contribution in [0.5, 0.6) is 11.5 Å². The van der Waals surface area contributed by atoms with Gasteiger partial charge in [0.15, 0.2) is 11.5 Å². The summed E-state index contributed by atoms with van der Waals surface area (Å²) in [5, 5.41) is 5.05. The summed E-state index contributed by atoms with van der Waals surface area (Å²) in [6.45, 7) is 0.201. The number of fused-ring (bicyclic) bond motifs is 2. The van der Waals surface area contributed by atoms with E-state index in [1.807, 2.05) is 48.7 Å². The number of aromatic nitrogens is 1. The maximum absolute atomic E-state index is 12.1. The largest absolute Gasteiger partial charge is 0.454 e. The van der Waals surface area contributed by atoms with E-state index in [4.69, 9.17) is 9.47 Å². The van der Waals surface area contributed by atoms with E-state index in [0.29, 0.717) is 11.5 Å². The molecule has 0 unspecified atom stereocenters. The highest BCUT2D eigenvalue weighted by atomic mass is 16.7. The Hall–Kier alpha value is -3.28. The second-order valence-electron chi connectivity index (χ2n) is 5.41. The van der Waals surface area contributed by atoms with Gasteiger partial charge in [0.25, 0.3) is 0 Å². The molecular formula is C18H15N3O3. The van der Waals surface area contributed by atoms with Crippen molar-refractivity contribution in [3.8, 4) is 11.5 Å². The third kappa shape index (κ3) is 2.69. The van der Waals surface area contributed by atoms with Gasteiger partial charge in [0.1, 0.15) is 0 Å². The summed E-state index contributed by atoms with van der Waals surface area (Å²) in [4.78, 5) is 15.2. The van der Waals surface area contributed by atoms with E-state index >= 15 is 0 Å². The van der Waals surface area contributed by atoms with Gasteiger partial charge in [-0.05, 0) is 23.8 Å². The maximum atomic E-state index is 12.1. The monoisotopic (exact) mass is 321 g/mol. The highest BCUT2D eigenvalue weighted by Crippen LogP contribution is 2.34. The molecular weight excluding hydrogens is 306 g/mol. The summed E-state index contributed by atoms with van der Waals surface area (Å²) in [5.41, 5.74) is 5.26. The predicted molar refractivity (Wildman–Crippen MR) is 90.3 cm³/mol. The van der Waals surface area contributed by atoms with Crippen LogP contribution in [0, 0.1) is 0 Å². The van der Waals surface area contributed by atoms with Crippen molar-refractivity contribution in [3.05, 3.63) is 59.8 Å². The number of rotatable bonds is 4. The first-order valence-electron chi connectivity index (χ1n) is 7.57. The second-order valence-corrected chi connectivity index (χ2v) is 5.41. The van der Waals surface area contributed by atoms with Gasteiger partial charge in [-0.25, -0.2) is 5.43 Å². The van der Waals surface area contributed by atoms with Gasteiger partial charge in [0.05, 0.1) is 12.6 Å². The molecule has 120 valence electrons. The summed E-state index contributed by atoms with van der Waals surface area (Å²) in [7, 11) is 0. The van der Waals surface area contributed by atoms with Crippen LogP contribution in [0.1, 0.15) is 11.1 Å². The molecule has 0 saturated carbocycles. The molecule has 1 aromatic heterocycles. The minimum absolute atomic E-state index is 0.180. The van der Waals surface area contributed by atoms with Gasteiger partial charge in [-0.15, -0.1) is 0 Å². The summed E-state index contributed by atoms with van der Waals surface area (Å²) >= 11 is 0. The SMILES string of the molecule is O=C(Cc1c[nH]c2ccccc12)NN=Cc1cccc2c1OCO2. The van der Waals surface area contributed by atoms with Gasteiger partial charge in [-0.1, -0.05) is 24.3 Å². The normalized spacial score (nSPS) is 12.8. The van der Waals surface area contributed by atoms with Gasteiger partial charge in [0, 0.05) is 22.7 Å². The lowest BCUT2D eigenvalue weighted by Crippen LogP contribution is -2.19.